The van der Waals surface area contributed by atoms with Crippen molar-refractivity contribution < 1.29 is 5.11 Å². The molecule has 0 radical (unpaired) electrons. The molecule has 114 valence electrons. The van der Waals surface area contributed by atoms with Crippen LogP contribution in [0.1, 0.15) is 52.5 Å². The Kier molecular flexibility index (Phi) is 6.56. The molecule has 0 saturated heterocycles. The summed E-state index contributed by atoms with van der Waals surface area (Å²) < 4.78 is 0. The van der Waals surface area contributed by atoms with Gasteiger partial charge in [-0.25, -0.2) is 0 Å². The summed E-state index contributed by atoms with van der Waals surface area (Å²) in [6.45, 7) is 8.81. The quantitative estimate of drug-likeness (QED) is 0.591. The van der Waals surface area contributed by atoms with Crippen molar-refractivity contribution in [2.45, 2.75) is 62.8 Å². The van der Waals surface area contributed by atoms with E-state index in [0.29, 0.717) is 0 Å². The SMILES string of the molecule is CCC(N)(CO)CCCSc1ccc(C(C)(C)C)cc1. The summed E-state index contributed by atoms with van der Waals surface area (Å²) in [4.78, 5) is 1.31. The highest BCUT2D eigenvalue weighted by atomic mass is 32.2. The predicted molar refractivity (Wildman–Crippen MR) is 89.4 cm³/mol. The van der Waals surface area contributed by atoms with E-state index in [-0.39, 0.29) is 12.0 Å². The van der Waals surface area contributed by atoms with Crippen LogP contribution in [0.15, 0.2) is 29.2 Å². The highest BCUT2D eigenvalue weighted by Gasteiger charge is 2.20. The van der Waals surface area contributed by atoms with Crippen LogP contribution in [-0.4, -0.2) is 23.0 Å². The molecule has 1 aromatic rings. The highest BCUT2D eigenvalue weighted by molar-refractivity contribution is 7.99. The van der Waals surface area contributed by atoms with Crippen LogP contribution in [0.4, 0.5) is 0 Å². The Morgan fingerprint density at radius 1 is 1.15 bits per heavy atom. The van der Waals surface area contributed by atoms with Crippen LogP contribution in [0.3, 0.4) is 0 Å². The molecule has 1 atom stereocenters. The van der Waals surface area contributed by atoms with Gasteiger partial charge in [-0.1, -0.05) is 39.8 Å². The van der Waals surface area contributed by atoms with Crippen LogP contribution in [0.5, 0.6) is 0 Å². The molecule has 3 N–H and O–H groups in total. The Labute approximate surface area is 128 Å². The minimum Gasteiger partial charge on any atom is -0.394 e. The lowest BCUT2D eigenvalue weighted by Gasteiger charge is -2.25. The zero-order valence-electron chi connectivity index (χ0n) is 13.3. The molecule has 1 unspecified atom stereocenters. The molecule has 0 saturated carbocycles. The average molecular weight is 295 g/mol. The second-order valence-electron chi connectivity index (χ2n) is 6.60. The zero-order valence-corrected chi connectivity index (χ0v) is 14.1. The van der Waals surface area contributed by atoms with Gasteiger partial charge in [0.05, 0.1) is 6.61 Å². The van der Waals surface area contributed by atoms with E-state index in [0.717, 1.165) is 25.0 Å². The number of nitrogens with two attached hydrogens (primary N) is 1. The molecular weight excluding hydrogens is 266 g/mol. The molecule has 2 nitrogen and oxygen atoms in total. The van der Waals surface area contributed by atoms with E-state index < -0.39 is 5.54 Å². The summed E-state index contributed by atoms with van der Waals surface area (Å²) in [6.07, 6.45) is 2.75. The summed E-state index contributed by atoms with van der Waals surface area (Å²) in [5, 5.41) is 9.28. The number of hydrogen-bond donors (Lipinski definition) is 2. The molecule has 0 aliphatic heterocycles. The maximum absolute atomic E-state index is 9.28. The van der Waals surface area contributed by atoms with Crippen molar-refractivity contribution in [1.82, 2.24) is 0 Å². The second kappa shape index (κ2) is 7.48. The van der Waals surface area contributed by atoms with Gasteiger partial charge in [-0.2, -0.15) is 0 Å². The molecule has 0 aliphatic carbocycles. The van der Waals surface area contributed by atoms with Crippen LogP contribution in [0.25, 0.3) is 0 Å². The van der Waals surface area contributed by atoms with Crippen LogP contribution in [0.2, 0.25) is 0 Å². The van der Waals surface area contributed by atoms with Gasteiger partial charge < -0.3 is 10.8 Å². The standard InChI is InChI=1S/C17H29NOS/c1-5-17(18,13-19)11-6-12-20-15-9-7-14(8-10-15)16(2,3)4/h7-10,19H,5-6,11-13,18H2,1-4H3. The van der Waals surface area contributed by atoms with Gasteiger partial charge in [-0.3, -0.25) is 0 Å². The van der Waals surface area contributed by atoms with Gasteiger partial charge in [0, 0.05) is 10.4 Å². The van der Waals surface area contributed by atoms with Crippen molar-refractivity contribution >= 4 is 11.8 Å². The zero-order chi connectivity index (χ0) is 15.2. The first kappa shape index (κ1) is 17.5. The fraction of sp³-hybridized carbons (Fsp3) is 0.647. The normalized spacial score (nSPS) is 15.1. The molecule has 0 heterocycles. The molecule has 0 aromatic heterocycles. The van der Waals surface area contributed by atoms with E-state index >= 15 is 0 Å². The topological polar surface area (TPSA) is 46.2 Å². The Hall–Kier alpha value is -0.510. The molecular formula is C17H29NOS. The summed E-state index contributed by atoms with van der Waals surface area (Å²) >= 11 is 1.86. The van der Waals surface area contributed by atoms with Gasteiger partial charge in [0.1, 0.15) is 0 Å². The average Bonchev–Trinajstić information content (AvgIpc) is 2.43. The molecule has 0 fully saturated rings. The lowest BCUT2D eigenvalue weighted by molar-refractivity contribution is 0.182. The first-order chi connectivity index (χ1) is 9.30. The number of aliphatic hydroxyl groups excluding tert-OH is 1. The monoisotopic (exact) mass is 295 g/mol. The van der Waals surface area contributed by atoms with Crippen molar-refractivity contribution in [2.75, 3.05) is 12.4 Å². The molecule has 1 aromatic carbocycles. The van der Waals surface area contributed by atoms with E-state index in [1.54, 1.807) is 0 Å². The maximum atomic E-state index is 9.28. The van der Waals surface area contributed by atoms with Crippen molar-refractivity contribution in [2.24, 2.45) is 5.73 Å². The summed E-state index contributed by atoms with van der Waals surface area (Å²) in [6, 6.07) is 8.84. The predicted octanol–water partition coefficient (Wildman–Crippen LogP) is 3.96. The molecule has 0 aliphatic rings. The summed E-state index contributed by atoms with van der Waals surface area (Å²) in [5.41, 5.74) is 7.27. The fourth-order valence-corrected chi connectivity index (χ4v) is 2.89. The van der Waals surface area contributed by atoms with E-state index in [4.69, 9.17) is 5.73 Å². The van der Waals surface area contributed by atoms with Gasteiger partial charge in [-0.05, 0) is 48.1 Å². The Morgan fingerprint density at radius 2 is 1.75 bits per heavy atom. The second-order valence-corrected chi connectivity index (χ2v) is 7.77. The summed E-state index contributed by atoms with van der Waals surface area (Å²) in [7, 11) is 0. The number of thioether (sulfide) groups is 1. The molecule has 3 heteroatoms. The number of aliphatic hydroxyl groups is 1. The van der Waals surface area contributed by atoms with Crippen molar-refractivity contribution in [1.29, 1.82) is 0 Å². The van der Waals surface area contributed by atoms with Gasteiger partial charge in [0.15, 0.2) is 0 Å². The van der Waals surface area contributed by atoms with Gasteiger partial charge in [0.2, 0.25) is 0 Å². The van der Waals surface area contributed by atoms with Gasteiger partial charge in [-0.15, -0.1) is 11.8 Å². The first-order valence-electron chi connectivity index (χ1n) is 7.44. The van der Waals surface area contributed by atoms with Crippen molar-refractivity contribution in [3.8, 4) is 0 Å². The van der Waals surface area contributed by atoms with Crippen LogP contribution < -0.4 is 5.73 Å². The third-order valence-corrected chi connectivity index (χ3v) is 4.93. The van der Waals surface area contributed by atoms with Crippen LogP contribution in [0, 0.1) is 0 Å². The minimum absolute atomic E-state index is 0.0778. The number of rotatable bonds is 7. The summed E-state index contributed by atoms with van der Waals surface area (Å²) in [5.74, 6) is 1.05. The Bertz CT molecular complexity index is 390. The van der Waals surface area contributed by atoms with Crippen LogP contribution in [-0.2, 0) is 5.41 Å². The third-order valence-electron chi connectivity index (χ3n) is 3.83. The molecule has 20 heavy (non-hydrogen) atoms. The lowest BCUT2D eigenvalue weighted by Crippen LogP contribution is -2.42. The van der Waals surface area contributed by atoms with Crippen molar-refractivity contribution in [3.05, 3.63) is 29.8 Å². The Morgan fingerprint density at radius 3 is 2.20 bits per heavy atom. The van der Waals surface area contributed by atoms with E-state index in [1.165, 1.54) is 10.5 Å². The molecule has 0 spiro atoms. The van der Waals surface area contributed by atoms with E-state index in [9.17, 15) is 5.11 Å². The molecule has 1 rings (SSSR count). The van der Waals surface area contributed by atoms with E-state index in [2.05, 4.69) is 45.0 Å². The molecule has 0 amide bonds. The third kappa shape index (κ3) is 5.47. The lowest BCUT2D eigenvalue weighted by atomic mass is 9.87. The maximum Gasteiger partial charge on any atom is 0.0611 e. The Balaban J connectivity index is 2.40. The first-order valence-corrected chi connectivity index (χ1v) is 8.42. The van der Waals surface area contributed by atoms with E-state index in [1.807, 2.05) is 18.7 Å². The highest BCUT2D eigenvalue weighted by Crippen LogP contribution is 2.26. The molecule has 0 bridgehead atoms. The number of benzene rings is 1. The number of hydrogen-bond acceptors (Lipinski definition) is 3. The smallest absolute Gasteiger partial charge is 0.0611 e. The largest absolute Gasteiger partial charge is 0.394 e. The van der Waals surface area contributed by atoms with Crippen molar-refractivity contribution in [3.63, 3.8) is 0 Å². The van der Waals surface area contributed by atoms with Crippen LogP contribution >= 0.6 is 11.8 Å². The minimum atomic E-state index is -0.392. The van der Waals surface area contributed by atoms with Gasteiger partial charge >= 0.3 is 0 Å². The fourth-order valence-electron chi connectivity index (χ4n) is 2.03. The van der Waals surface area contributed by atoms with Gasteiger partial charge in [0.25, 0.3) is 0 Å².